The molecule has 0 bridgehead atoms. The lowest BCUT2D eigenvalue weighted by molar-refractivity contribution is 0.215. The van der Waals surface area contributed by atoms with Crippen molar-refractivity contribution in [2.75, 3.05) is 0 Å². The largest absolute Gasteiger partial charge is 0.383 e. The average molecular weight is 303 g/mol. The molecule has 0 aliphatic rings. The lowest BCUT2D eigenvalue weighted by Crippen LogP contribution is -2.01. The topological polar surface area (TPSA) is 38.1 Å². The van der Waals surface area contributed by atoms with Gasteiger partial charge in [0.1, 0.15) is 11.9 Å². The SMILES string of the molecule is OC(c1cnn(-c2ccccc2)c1)c1ccc(Cl)cc1F. The van der Waals surface area contributed by atoms with Crippen molar-refractivity contribution in [1.29, 1.82) is 0 Å². The zero-order chi connectivity index (χ0) is 14.8. The van der Waals surface area contributed by atoms with Crippen molar-refractivity contribution in [3.63, 3.8) is 0 Å². The Morgan fingerprint density at radius 1 is 1.14 bits per heavy atom. The van der Waals surface area contributed by atoms with E-state index in [1.165, 1.54) is 18.3 Å². The predicted molar refractivity (Wildman–Crippen MR) is 79.0 cm³/mol. The Labute approximate surface area is 126 Å². The fourth-order valence-electron chi connectivity index (χ4n) is 2.10. The molecule has 2 aromatic carbocycles. The number of para-hydroxylation sites is 1. The summed E-state index contributed by atoms with van der Waals surface area (Å²) in [7, 11) is 0. The van der Waals surface area contributed by atoms with E-state index < -0.39 is 11.9 Å². The summed E-state index contributed by atoms with van der Waals surface area (Å²) in [6, 6.07) is 13.7. The van der Waals surface area contributed by atoms with Crippen LogP contribution in [-0.2, 0) is 0 Å². The molecule has 0 spiro atoms. The third-order valence-electron chi connectivity index (χ3n) is 3.20. The van der Waals surface area contributed by atoms with Gasteiger partial charge in [-0.3, -0.25) is 0 Å². The first-order valence-corrected chi connectivity index (χ1v) is 6.76. The van der Waals surface area contributed by atoms with Gasteiger partial charge in [-0.2, -0.15) is 5.10 Å². The van der Waals surface area contributed by atoms with Gasteiger partial charge >= 0.3 is 0 Å². The van der Waals surface area contributed by atoms with Crippen molar-refractivity contribution >= 4 is 11.6 Å². The van der Waals surface area contributed by atoms with E-state index in [9.17, 15) is 9.50 Å². The zero-order valence-electron chi connectivity index (χ0n) is 10.9. The molecule has 0 saturated carbocycles. The molecular formula is C16H12ClFN2O. The Hall–Kier alpha value is -2.17. The van der Waals surface area contributed by atoms with Crippen LogP contribution < -0.4 is 0 Å². The Kier molecular flexibility index (Phi) is 3.73. The molecule has 106 valence electrons. The molecule has 1 N–H and O–H groups in total. The van der Waals surface area contributed by atoms with E-state index >= 15 is 0 Å². The van der Waals surface area contributed by atoms with Crippen LogP contribution in [0.1, 0.15) is 17.2 Å². The van der Waals surface area contributed by atoms with Crippen molar-refractivity contribution in [1.82, 2.24) is 9.78 Å². The molecule has 0 fully saturated rings. The van der Waals surface area contributed by atoms with Gasteiger partial charge in [0, 0.05) is 22.3 Å². The van der Waals surface area contributed by atoms with Crippen LogP contribution >= 0.6 is 11.6 Å². The maximum Gasteiger partial charge on any atom is 0.130 e. The van der Waals surface area contributed by atoms with Crippen LogP contribution in [0.25, 0.3) is 5.69 Å². The van der Waals surface area contributed by atoms with Crippen LogP contribution in [0, 0.1) is 5.82 Å². The summed E-state index contributed by atoms with van der Waals surface area (Å²) in [5.41, 5.74) is 1.56. The molecular weight excluding hydrogens is 291 g/mol. The molecule has 3 rings (SSSR count). The normalized spacial score (nSPS) is 12.3. The second kappa shape index (κ2) is 5.68. The Morgan fingerprint density at radius 3 is 2.62 bits per heavy atom. The molecule has 0 radical (unpaired) electrons. The molecule has 1 unspecified atom stereocenters. The molecule has 3 nitrogen and oxygen atoms in total. The highest BCUT2D eigenvalue weighted by Gasteiger charge is 2.17. The van der Waals surface area contributed by atoms with Gasteiger partial charge in [-0.05, 0) is 24.3 Å². The van der Waals surface area contributed by atoms with Crippen LogP contribution in [0.2, 0.25) is 5.02 Å². The van der Waals surface area contributed by atoms with Crippen LogP contribution in [-0.4, -0.2) is 14.9 Å². The average Bonchev–Trinajstić information content (AvgIpc) is 2.97. The highest BCUT2D eigenvalue weighted by molar-refractivity contribution is 6.30. The quantitative estimate of drug-likeness (QED) is 0.800. The van der Waals surface area contributed by atoms with E-state index in [4.69, 9.17) is 11.6 Å². The molecule has 1 atom stereocenters. The van der Waals surface area contributed by atoms with Crippen LogP contribution in [0.15, 0.2) is 60.9 Å². The molecule has 1 heterocycles. The number of nitrogens with zero attached hydrogens (tertiary/aromatic N) is 2. The summed E-state index contributed by atoms with van der Waals surface area (Å²) >= 11 is 5.71. The minimum atomic E-state index is -1.08. The Morgan fingerprint density at radius 2 is 1.90 bits per heavy atom. The summed E-state index contributed by atoms with van der Waals surface area (Å²) in [4.78, 5) is 0. The van der Waals surface area contributed by atoms with Crippen molar-refractivity contribution in [3.05, 3.63) is 82.9 Å². The molecule has 21 heavy (non-hydrogen) atoms. The second-order valence-corrected chi connectivity index (χ2v) is 5.06. The first-order valence-electron chi connectivity index (χ1n) is 6.38. The molecule has 0 aliphatic carbocycles. The number of rotatable bonds is 3. The van der Waals surface area contributed by atoms with Crippen molar-refractivity contribution in [2.24, 2.45) is 0 Å². The van der Waals surface area contributed by atoms with Gasteiger partial charge in [-0.15, -0.1) is 0 Å². The molecule has 3 aromatic rings. The minimum absolute atomic E-state index is 0.173. The number of hydrogen-bond donors (Lipinski definition) is 1. The standard InChI is InChI=1S/C16H12ClFN2O/c17-12-6-7-14(15(18)8-12)16(21)11-9-19-20(10-11)13-4-2-1-3-5-13/h1-10,16,21H. The van der Waals surface area contributed by atoms with E-state index in [1.54, 1.807) is 16.9 Å². The van der Waals surface area contributed by atoms with Crippen LogP contribution in [0.3, 0.4) is 0 Å². The predicted octanol–water partition coefficient (Wildman–Crippen LogP) is 3.75. The molecule has 0 amide bonds. The zero-order valence-corrected chi connectivity index (χ0v) is 11.7. The number of halogens is 2. The van der Waals surface area contributed by atoms with Crippen molar-refractivity contribution in [2.45, 2.75) is 6.10 Å². The summed E-state index contributed by atoms with van der Waals surface area (Å²) < 4.78 is 15.5. The lowest BCUT2D eigenvalue weighted by Gasteiger charge is -2.10. The molecule has 1 aromatic heterocycles. The summed E-state index contributed by atoms with van der Waals surface area (Å²) in [6.07, 6.45) is 2.11. The first-order chi connectivity index (χ1) is 10.1. The van der Waals surface area contributed by atoms with Crippen molar-refractivity contribution < 1.29 is 9.50 Å². The molecule has 0 saturated heterocycles. The van der Waals surface area contributed by atoms with E-state index in [0.29, 0.717) is 10.6 Å². The monoisotopic (exact) mass is 302 g/mol. The second-order valence-electron chi connectivity index (χ2n) is 4.62. The third kappa shape index (κ3) is 2.82. The van der Waals surface area contributed by atoms with Gasteiger partial charge in [0.05, 0.1) is 11.9 Å². The lowest BCUT2D eigenvalue weighted by atomic mass is 10.0. The Bertz CT molecular complexity index is 758. The smallest absolute Gasteiger partial charge is 0.130 e. The maximum absolute atomic E-state index is 13.8. The van der Waals surface area contributed by atoms with Gasteiger partial charge in [-0.25, -0.2) is 9.07 Å². The van der Waals surface area contributed by atoms with E-state index in [-0.39, 0.29) is 5.56 Å². The van der Waals surface area contributed by atoms with Crippen LogP contribution in [0.5, 0.6) is 0 Å². The minimum Gasteiger partial charge on any atom is -0.383 e. The number of benzene rings is 2. The number of hydrogen-bond acceptors (Lipinski definition) is 2. The van der Waals surface area contributed by atoms with Gasteiger partial charge in [0.25, 0.3) is 0 Å². The highest BCUT2D eigenvalue weighted by Crippen LogP contribution is 2.26. The maximum atomic E-state index is 13.8. The van der Waals surface area contributed by atoms with Gasteiger partial charge in [-0.1, -0.05) is 35.9 Å². The summed E-state index contributed by atoms with van der Waals surface area (Å²) in [6.45, 7) is 0. The molecule has 5 heteroatoms. The summed E-state index contributed by atoms with van der Waals surface area (Å²) in [5, 5.41) is 14.8. The van der Waals surface area contributed by atoms with Crippen LogP contribution in [0.4, 0.5) is 4.39 Å². The van der Waals surface area contributed by atoms with E-state index in [2.05, 4.69) is 5.10 Å². The fraction of sp³-hybridized carbons (Fsp3) is 0.0625. The number of aromatic nitrogens is 2. The van der Waals surface area contributed by atoms with Gasteiger partial charge in [0.2, 0.25) is 0 Å². The highest BCUT2D eigenvalue weighted by atomic mass is 35.5. The van der Waals surface area contributed by atoms with Gasteiger partial charge in [0.15, 0.2) is 0 Å². The Balaban J connectivity index is 1.92. The van der Waals surface area contributed by atoms with Gasteiger partial charge < -0.3 is 5.11 Å². The van der Waals surface area contributed by atoms with E-state index in [0.717, 1.165) is 5.69 Å². The first kappa shape index (κ1) is 13.8. The number of aliphatic hydroxyl groups is 1. The van der Waals surface area contributed by atoms with E-state index in [1.807, 2.05) is 30.3 Å². The summed E-state index contributed by atoms with van der Waals surface area (Å²) in [5.74, 6) is -0.539. The third-order valence-corrected chi connectivity index (χ3v) is 3.43. The fourth-order valence-corrected chi connectivity index (χ4v) is 2.26. The number of aliphatic hydroxyl groups excluding tert-OH is 1. The molecule has 0 aliphatic heterocycles. The van der Waals surface area contributed by atoms with Crippen molar-refractivity contribution in [3.8, 4) is 5.69 Å².